The van der Waals surface area contributed by atoms with E-state index in [0.717, 1.165) is 17.8 Å². The van der Waals surface area contributed by atoms with Gasteiger partial charge in [0.2, 0.25) is 0 Å². The zero-order chi connectivity index (χ0) is 11.3. The summed E-state index contributed by atoms with van der Waals surface area (Å²) in [6.07, 6.45) is 1.77. The van der Waals surface area contributed by atoms with Crippen molar-refractivity contribution in [1.82, 2.24) is 15.6 Å². The molecule has 0 bridgehead atoms. The highest BCUT2D eigenvalue weighted by atomic mass is 16.1. The van der Waals surface area contributed by atoms with Gasteiger partial charge in [-0.15, -0.1) is 0 Å². The maximum Gasteiger partial charge on any atom is 0.186 e. The van der Waals surface area contributed by atoms with Crippen molar-refractivity contribution in [1.29, 1.82) is 0 Å². The molecule has 0 aliphatic carbocycles. The molecule has 0 saturated carbocycles. The van der Waals surface area contributed by atoms with Gasteiger partial charge in [0.05, 0.1) is 0 Å². The fourth-order valence-corrected chi connectivity index (χ4v) is 1.40. The van der Waals surface area contributed by atoms with Crippen LogP contribution in [0.15, 0.2) is 17.1 Å². The van der Waals surface area contributed by atoms with Crippen LogP contribution in [0.3, 0.4) is 0 Å². The second-order valence-electron chi connectivity index (χ2n) is 3.85. The number of aryl methyl sites for hydroxylation is 1. The minimum Gasteiger partial charge on any atom is -0.365 e. The molecule has 15 heavy (non-hydrogen) atoms. The van der Waals surface area contributed by atoms with Gasteiger partial charge in [0.15, 0.2) is 5.43 Å². The van der Waals surface area contributed by atoms with Crippen molar-refractivity contribution in [3.63, 3.8) is 0 Å². The predicted molar refractivity (Wildman–Crippen MR) is 62.0 cm³/mol. The molecule has 4 heteroatoms. The molecule has 1 heterocycles. The van der Waals surface area contributed by atoms with Crippen LogP contribution in [0.4, 0.5) is 0 Å². The number of nitrogens with one attached hydrogen (secondary N) is 3. The monoisotopic (exact) mass is 209 g/mol. The van der Waals surface area contributed by atoms with Crippen LogP contribution >= 0.6 is 0 Å². The SMILES string of the molecule is CNCC(C)NCc1c[nH]c(C)cc1=O. The van der Waals surface area contributed by atoms with Gasteiger partial charge in [0.1, 0.15) is 0 Å². The van der Waals surface area contributed by atoms with E-state index in [0.29, 0.717) is 12.6 Å². The maximum atomic E-state index is 11.5. The van der Waals surface area contributed by atoms with E-state index in [1.807, 2.05) is 14.0 Å². The molecule has 1 atom stereocenters. The van der Waals surface area contributed by atoms with Gasteiger partial charge in [0, 0.05) is 42.7 Å². The number of H-pyrrole nitrogens is 1. The number of hydrogen-bond donors (Lipinski definition) is 3. The van der Waals surface area contributed by atoms with Crippen molar-refractivity contribution in [3.05, 3.63) is 33.7 Å². The van der Waals surface area contributed by atoms with E-state index in [4.69, 9.17) is 0 Å². The Morgan fingerprint density at radius 1 is 1.53 bits per heavy atom. The Bertz CT molecular complexity index is 359. The van der Waals surface area contributed by atoms with Gasteiger partial charge >= 0.3 is 0 Å². The van der Waals surface area contributed by atoms with Crippen molar-refractivity contribution in [3.8, 4) is 0 Å². The van der Waals surface area contributed by atoms with Crippen LogP contribution in [0.25, 0.3) is 0 Å². The first-order chi connectivity index (χ1) is 7.13. The minimum absolute atomic E-state index is 0.0930. The molecule has 1 rings (SSSR count). The topological polar surface area (TPSA) is 56.9 Å². The summed E-state index contributed by atoms with van der Waals surface area (Å²) in [5, 5.41) is 6.36. The molecule has 0 aliphatic rings. The first-order valence-corrected chi connectivity index (χ1v) is 5.19. The molecule has 84 valence electrons. The molecule has 1 unspecified atom stereocenters. The molecule has 1 aromatic rings. The summed E-state index contributed by atoms with van der Waals surface area (Å²) in [6, 6.07) is 1.98. The van der Waals surface area contributed by atoms with Crippen LogP contribution in [0.1, 0.15) is 18.2 Å². The molecule has 0 aromatic carbocycles. The summed E-state index contributed by atoms with van der Waals surface area (Å²) in [6.45, 7) is 5.46. The van der Waals surface area contributed by atoms with Crippen LogP contribution in [0, 0.1) is 6.92 Å². The van der Waals surface area contributed by atoms with Gasteiger partial charge in [-0.3, -0.25) is 4.79 Å². The van der Waals surface area contributed by atoms with Crippen LogP contribution in [-0.2, 0) is 6.54 Å². The summed E-state index contributed by atoms with van der Waals surface area (Å²) >= 11 is 0. The molecule has 0 fully saturated rings. The van der Waals surface area contributed by atoms with E-state index in [-0.39, 0.29) is 5.43 Å². The first kappa shape index (κ1) is 11.9. The lowest BCUT2D eigenvalue weighted by Gasteiger charge is -2.12. The Kier molecular flexibility index (Phi) is 4.52. The Morgan fingerprint density at radius 2 is 2.27 bits per heavy atom. The van der Waals surface area contributed by atoms with E-state index >= 15 is 0 Å². The fourth-order valence-electron chi connectivity index (χ4n) is 1.40. The second kappa shape index (κ2) is 5.68. The van der Waals surface area contributed by atoms with Gasteiger partial charge in [0.25, 0.3) is 0 Å². The average molecular weight is 209 g/mol. The normalized spacial score (nSPS) is 12.7. The van der Waals surface area contributed by atoms with E-state index in [2.05, 4.69) is 22.5 Å². The second-order valence-corrected chi connectivity index (χ2v) is 3.85. The third kappa shape index (κ3) is 3.85. The summed E-state index contributed by atoms with van der Waals surface area (Å²) in [4.78, 5) is 14.6. The van der Waals surface area contributed by atoms with E-state index in [1.165, 1.54) is 0 Å². The quantitative estimate of drug-likeness (QED) is 0.657. The number of likely N-dealkylation sites (N-methyl/N-ethyl adjacent to an activating group) is 1. The lowest BCUT2D eigenvalue weighted by Crippen LogP contribution is -2.35. The predicted octanol–water partition coefficient (Wildman–Crippen LogP) is 0.381. The van der Waals surface area contributed by atoms with Crippen LogP contribution in [-0.4, -0.2) is 24.6 Å². The zero-order valence-corrected chi connectivity index (χ0v) is 9.55. The smallest absolute Gasteiger partial charge is 0.186 e. The van der Waals surface area contributed by atoms with Crippen molar-refractivity contribution in [2.45, 2.75) is 26.4 Å². The number of rotatable bonds is 5. The number of pyridine rings is 1. The molecule has 0 amide bonds. The van der Waals surface area contributed by atoms with E-state index in [9.17, 15) is 4.79 Å². The van der Waals surface area contributed by atoms with Crippen molar-refractivity contribution < 1.29 is 0 Å². The van der Waals surface area contributed by atoms with Gasteiger partial charge in [-0.1, -0.05) is 0 Å². The minimum atomic E-state index is 0.0930. The van der Waals surface area contributed by atoms with Crippen molar-refractivity contribution in [2.24, 2.45) is 0 Å². The highest BCUT2D eigenvalue weighted by molar-refractivity contribution is 5.13. The summed E-state index contributed by atoms with van der Waals surface area (Å²) in [5.41, 5.74) is 1.77. The highest BCUT2D eigenvalue weighted by Crippen LogP contribution is 1.92. The summed E-state index contributed by atoms with van der Waals surface area (Å²) < 4.78 is 0. The summed E-state index contributed by atoms with van der Waals surface area (Å²) in [5.74, 6) is 0. The summed E-state index contributed by atoms with van der Waals surface area (Å²) in [7, 11) is 1.91. The Morgan fingerprint density at radius 3 is 2.87 bits per heavy atom. The molecular weight excluding hydrogens is 190 g/mol. The number of aromatic amines is 1. The van der Waals surface area contributed by atoms with Gasteiger partial charge in [-0.25, -0.2) is 0 Å². The molecule has 4 nitrogen and oxygen atoms in total. The molecule has 0 saturated heterocycles. The third-order valence-corrected chi connectivity index (χ3v) is 2.29. The van der Waals surface area contributed by atoms with Gasteiger partial charge < -0.3 is 15.6 Å². The fraction of sp³-hybridized carbons (Fsp3) is 0.545. The van der Waals surface area contributed by atoms with E-state index in [1.54, 1.807) is 12.3 Å². The number of hydrogen-bond acceptors (Lipinski definition) is 3. The average Bonchev–Trinajstić information content (AvgIpc) is 2.17. The highest BCUT2D eigenvalue weighted by Gasteiger charge is 2.02. The van der Waals surface area contributed by atoms with Crippen molar-refractivity contribution >= 4 is 0 Å². The van der Waals surface area contributed by atoms with Crippen LogP contribution in [0.5, 0.6) is 0 Å². The Balaban J connectivity index is 2.54. The van der Waals surface area contributed by atoms with E-state index < -0.39 is 0 Å². The Labute approximate surface area is 90.1 Å². The molecule has 0 aliphatic heterocycles. The third-order valence-electron chi connectivity index (χ3n) is 2.29. The van der Waals surface area contributed by atoms with Crippen LogP contribution < -0.4 is 16.1 Å². The Hall–Kier alpha value is -1.13. The van der Waals surface area contributed by atoms with Gasteiger partial charge in [-0.05, 0) is 20.9 Å². The zero-order valence-electron chi connectivity index (χ0n) is 9.55. The molecule has 0 radical (unpaired) electrons. The standard InChI is InChI=1S/C11H19N3O/c1-8-4-11(15)10(6-13-8)7-14-9(2)5-12-3/h4,6,9,12,14H,5,7H2,1-3H3,(H,13,15). The molecule has 0 spiro atoms. The lowest BCUT2D eigenvalue weighted by molar-refractivity contribution is 0.521. The van der Waals surface area contributed by atoms with Crippen LogP contribution in [0.2, 0.25) is 0 Å². The molecular formula is C11H19N3O. The molecule has 1 aromatic heterocycles. The van der Waals surface area contributed by atoms with Gasteiger partial charge in [-0.2, -0.15) is 0 Å². The first-order valence-electron chi connectivity index (χ1n) is 5.19. The maximum absolute atomic E-state index is 11.5. The lowest BCUT2D eigenvalue weighted by atomic mass is 10.2. The number of aromatic nitrogens is 1. The molecule has 3 N–H and O–H groups in total. The van der Waals surface area contributed by atoms with Crippen molar-refractivity contribution in [2.75, 3.05) is 13.6 Å². The largest absolute Gasteiger partial charge is 0.365 e.